The van der Waals surface area contributed by atoms with Gasteiger partial charge in [-0.15, -0.1) is 32.9 Å². The zero-order valence-electron chi connectivity index (χ0n) is 64.6. The van der Waals surface area contributed by atoms with E-state index in [0.29, 0.717) is 78.5 Å². The maximum absolute atomic E-state index is 14.1. The normalized spacial score (nSPS) is 16.7. The summed E-state index contributed by atoms with van der Waals surface area (Å²) in [6.45, 7) is 14.7. The molecule has 1 saturated carbocycles. The highest BCUT2D eigenvalue weighted by molar-refractivity contribution is 7.15. The zero-order chi connectivity index (χ0) is 80.9. The molecule has 4 aliphatic rings. The van der Waals surface area contributed by atoms with Crippen LogP contribution in [0.3, 0.4) is 0 Å². The highest BCUT2D eigenvalue weighted by atomic mass is 32.1. The fourth-order valence-corrected chi connectivity index (χ4v) is 15.6. The summed E-state index contributed by atoms with van der Waals surface area (Å²) in [5.41, 5.74) is 12.5. The number of likely N-dealkylation sites (tertiary alicyclic amines) is 1. The highest BCUT2D eigenvalue weighted by Crippen LogP contribution is 2.43. The Hall–Kier alpha value is -10.7. The number of hydrogen-bond acceptors (Lipinski definition) is 22. The molecule has 0 spiro atoms. The Morgan fingerprint density at radius 2 is 1.42 bits per heavy atom. The van der Waals surface area contributed by atoms with E-state index in [2.05, 4.69) is 63.8 Å². The Bertz CT molecular complexity index is 4470. The molecule has 1 aliphatic carbocycles. The number of nitrogens with one attached hydrogen (secondary N) is 8. The van der Waals surface area contributed by atoms with Crippen molar-refractivity contribution in [2.75, 3.05) is 89.5 Å². The zero-order valence-corrected chi connectivity index (χ0v) is 66.2. The van der Waals surface area contributed by atoms with Crippen LogP contribution in [0.4, 0.5) is 21.0 Å². The summed E-state index contributed by atoms with van der Waals surface area (Å²) in [5.74, 6) is -2.90. The van der Waals surface area contributed by atoms with E-state index in [0.717, 1.165) is 47.6 Å². The molecular formula is C79H100N16O16S2. The van der Waals surface area contributed by atoms with Gasteiger partial charge in [0.15, 0.2) is 5.82 Å². The number of carbonyl (C=O) groups is 11. The molecule has 113 heavy (non-hydrogen) atoms. The highest BCUT2D eigenvalue weighted by Gasteiger charge is 2.52. The summed E-state index contributed by atoms with van der Waals surface area (Å²) in [6, 6.07) is 17.2. The lowest BCUT2D eigenvalue weighted by molar-refractivity contribution is -0.151. The lowest BCUT2D eigenvalue weighted by Gasteiger charge is -2.39. The monoisotopic (exact) mass is 1590 g/mol. The van der Waals surface area contributed by atoms with Crippen molar-refractivity contribution in [2.24, 2.45) is 21.6 Å². The van der Waals surface area contributed by atoms with Crippen LogP contribution in [0.15, 0.2) is 95.5 Å². The van der Waals surface area contributed by atoms with Crippen LogP contribution in [0.5, 0.6) is 0 Å². The first-order valence-electron chi connectivity index (χ1n) is 37.9. The molecule has 0 bridgehead atoms. The number of nitrogens with zero attached hydrogens (tertiary/aromatic N) is 7. The minimum absolute atomic E-state index is 0.0529. The molecule has 604 valence electrons. The van der Waals surface area contributed by atoms with E-state index in [1.807, 2.05) is 88.9 Å². The van der Waals surface area contributed by atoms with Crippen LogP contribution in [0.1, 0.15) is 141 Å². The third-order valence-electron chi connectivity index (χ3n) is 20.0. The second-order valence-electron chi connectivity index (χ2n) is 29.3. The van der Waals surface area contributed by atoms with Crippen molar-refractivity contribution < 1.29 is 76.8 Å². The first-order valence-corrected chi connectivity index (χ1v) is 39.6. The number of rotatable bonds is 39. The maximum atomic E-state index is 14.1. The number of hydrogen-bond donors (Lipinski definition) is 10. The Morgan fingerprint density at radius 3 is 2.12 bits per heavy atom. The van der Waals surface area contributed by atoms with E-state index in [1.165, 1.54) is 17.1 Å². The topological polar surface area (TPSA) is 430 Å². The number of aryl methyl sites for hydroxylation is 3. The summed E-state index contributed by atoms with van der Waals surface area (Å²) in [6.07, 6.45) is 4.67. The Balaban J connectivity index is 0.637. The van der Waals surface area contributed by atoms with Gasteiger partial charge in [0.1, 0.15) is 53.6 Å². The average molecular weight is 1590 g/mol. The van der Waals surface area contributed by atoms with Crippen molar-refractivity contribution in [1.82, 2.24) is 61.4 Å². The van der Waals surface area contributed by atoms with Crippen LogP contribution in [0.2, 0.25) is 0 Å². The average Bonchev–Trinajstić information content (AvgIpc) is 1.60. The second-order valence-corrected chi connectivity index (χ2v) is 31.4. The molecule has 5 atom stereocenters. The number of unbranched alkanes of at least 4 members (excludes halogenated alkanes) is 2. The summed E-state index contributed by atoms with van der Waals surface area (Å²) in [5, 5.41) is 42.8. The van der Waals surface area contributed by atoms with Crippen molar-refractivity contribution in [2.45, 2.75) is 156 Å². The number of imide groups is 1. The smallest absolute Gasteiger partial charge is 0.411 e. The number of anilines is 2. The number of ether oxygens (including phenoxy) is 4. The van der Waals surface area contributed by atoms with Crippen LogP contribution in [0.25, 0.3) is 15.4 Å². The number of primary amides is 1. The molecule has 3 aromatic heterocycles. The van der Waals surface area contributed by atoms with Gasteiger partial charge in [0.05, 0.1) is 67.4 Å². The van der Waals surface area contributed by atoms with Gasteiger partial charge in [-0.05, 0) is 131 Å². The number of thiazole rings is 1. The molecule has 12 amide bonds. The molecule has 0 unspecified atom stereocenters. The number of aliphatic hydroxyl groups excluding tert-OH is 1. The van der Waals surface area contributed by atoms with E-state index in [1.54, 1.807) is 59.1 Å². The van der Waals surface area contributed by atoms with Crippen molar-refractivity contribution in [3.05, 3.63) is 140 Å². The van der Waals surface area contributed by atoms with Crippen molar-refractivity contribution in [3.8, 4) is 15.4 Å². The van der Waals surface area contributed by atoms with Crippen LogP contribution >= 0.6 is 22.7 Å². The summed E-state index contributed by atoms with van der Waals surface area (Å²) in [4.78, 5) is 159. The fraction of sp³-hybridized carbons (Fsp3) is 0.481. The number of aromatic nitrogens is 4. The number of fused-ring (bicyclic) bond motifs is 3. The molecular weight excluding hydrogens is 1490 g/mol. The Labute approximate surface area is 662 Å². The van der Waals surface area contributed by atoms with E-state index < -0.39 is 82.8 Å². The SMILES string of the molecule is Cc1ncsc1-c1cccc(CCNC(=O)[C@@H]2C[C@@H](O)CN2C(=O)[C@@H](NC(=O)COCCOCCOCCNC(=O)C[C@@H]2N=C(c3ccc(NC(=O)OCc4ccc(NC(=O)[C@H](CCCNC(N)=O)NC(=O)C5(C(=O)NCCCCCN6C(=O)C=CC6=O)CCC5)cc4)cc3)c3c(sc(C)c3C)-n3c(C)nnc32)C(C)(C)C)c1. The lowest BCUT2D eigenvalue weighted by atomic mass is 9.67. The lowest BCUT2D eigenvalue weighted by Crippen LogP contribution is -2.58. The van der Waals surface area contributed by atoms with Crippen LogP contribution < -0.4 is 48.3 Å². The van der Waals surface area contributed by atoms with E-state index in [-0.39, 0.29) is 141 Å². The molecule has 32 nitrogen and oxygen atoms in total. The molecule has 11 N–H and O–H groups in total. The quantitative estimate of drug-likeness (QED) is 0.0120. The molecule has 34 heteroatoms. The first-order chi connectivity index (χ1) is 54.2. The number of β-amino-alcohol motifs (C(OH)–C–C–N with tert-alkyl or cyclic N) is 1. The number of nitrogens with two attached hydrogens (primary N) is 1. The minimum atomic E-state index is -1.38. The molecule has 6 aromatic rings. The molecule has 1 saturated heterocycles. The van der Waals surface area contributed by atoms with Gasteiger partial charge in [0.2, 0.25) is 41.4 Å². The Kier molecular flexibility index (Phi) is 29.8. The van der Waals surface area contributed by atoms with Gasteiger partial charge in [-0.25, -0.2) is 14.6 Å². The fourth-order valence-electron chi connectivity index (χ4n) is 13.6. The first kappa shape index (κ1) is 84.8. The number of aliphatic imine (C=N–C) groups is 1. The number of benzene rings is 3. The standard InChI is InChI=1S/C79H100N16O16S2/c1-47-49(3)113-73-65(47)66(53-19-23-56(24-20-53)87-77(107)111-44-52-17-21-55(22-18-52)86-70(101)58(16-12-31-84-76(80)106)89-75(105)79(28-13-29-79)74(104)83-30-9-8-10-34-93-63(99)25-26-64(93)100)88-59(69-92-91-50(4)95(69)73)42-61(97)81-33-35-108-36-37-109-38-39-110-45-62(98)90-68(78(5,6)7)72(103)94-43-57(96)41-60(94)71(102)82-32-27-51-14-11-15-54(40-51)67-48(2)85-46-112-67/h11,14-15,17-26,40,46,57-60,68,96H,8-10,12-13,16,27-39,41-45H2,1-7H3,(H,81,97)(H,82,102)(H,83,104)(H,86,101)(H,87,107)(H,89,105)(H,90,98)(H3,80,84,106)/t57-,58+,59+,60+,68-/m1/s1. The van der Waals surface area contributed by atoms with E-state index in [4.69, 9.17) is 29.7 Å². The molecule has 6 heterocycles. The van der Waals surface area contributed by atoms with E-state index in [9.17, 15) is 57.8 Å². The van der Waals surface area contributed by atoms with Gasteiger partial charge in [0, 0.05) is 85.2 Å². The molecule has 10 rings (SSSR count). The largest absolute Gasteiger partial charge is 0.444 e. The van der Waals surface area contributed by atoms with Gasteiger partial charge in [-0.1, -0.05) is 75.7 Å². The number of urea groups is 1. The predicted molar refractivity (Wildman–Crippen MR) is 421 cm³/mol. The number of thiophene rings is 1. The van der Waals surface area contributed by atoms with Crippen molar-refractivity contribution >= 4 is 105 Å². The van der Waals surface area contributed by atoms with Crippen molar-refractivity contribution in [1.29, 1.82) is 0 Å². The summed E-state index contributed by atoms with van der Waals surface area (Å²) >= 11 is 3.13. The molecule has 3 aliphatic heterocycles. The van der Waals surface area contributed by atoms with Crippen LogP contribution in [-0.4, -0.2) is 209 Å². The van der Waals surface area contributed by atoms with Gasteiger partial charge in [0.25, 0.3) is 11.8 Å². The van der Waals surface area contributed by atoms with Crippen molar-refractivity contribution in [3.63, 3.8) is 0 Å². The molecule has 0 radical (unpaired) electrons. The third kappa shape index (κ3) is 22.6. The second kappa shape index (κ2) is 39.7. The van der Waals surface area contributed by atoms with Crippen LogP contribution in [-0.2, 0) is 75.1 Å². The molecule has 3 aromatic carbocycles. The minimum Gasteiger partial charge on any atom is -0.444 e. The number of aliphatic hydroxyl groups is 1. The summed E-state index contributed by atoms with van der Waals surface area (Å²) in [7, 11) is 0. The predicted octanol–water partition coefficient (Wildman–Crippen LogP) is 5.99. The maximum Gasteiger partial charge on any atom is 0.411 e. The number of carbonyl (C=O) groups excluding carboxylic acids is 11. The van der Waals surface area contributed by atoms with Gasteiger partial charge in [-0.2, -0.15) is 0 Å². The third-order valence-corrected chi connectivity index (χ3v) is 22.2. The van der Waals surface area contributed by atoms with Gasteiger partial charge >= 0.3 is 12.1 Å². The summed E-state index contributed by atoms with van der Waals surface area (Å²) < 4.78 is 24.5. The van der Waals surface area contributed by atoms with Gasteiger partial charge in [-0.3, -0.25) is 62.9 Å². The van der Waals surface area contributed by atoms with E-state index >= 15 is 0 Å². The Morgan fingerprint density at radius 1 is 0.726 bits per heavy atom. The molecule has 2 fully saturated rings. The van der Waals surface area contributed by atoms with Gasteiger partial charge < -0.3 is 71.9 Å². The number of amides is 12. The van der Waals surface area contributed by atoms with Crippen LogP contribution in [0, 0.1) is 38.5 Å².